The molecule has 140 valence electrons. The van der Waals surface area contributed by atoms with Crippen molar-refractivity contribution in [1.82, 2.24) is 4.98 Å². The van der Waals surface area contributed by atoms with Gasteiger partial charge in [0.05, 0.1) is 34.7 Å². The van der Waals surface area contributed by atoms with E-state index in [0.717, 1.165) is 0 Å². The number of aromatic amines is 1. The molecule has 2 aliphatic heterocycles. The highest BCUT2D eigenvalue weighted by molar-refractivity contribution is 6.53. The van der Waals surface area contributed by atoms with Crippen molar-refractivity contribution in [2.45, 2.75) is 0 Å². The number of aromatic nitrogens is 1. The van der Waals surface area contributed by atoms with Gasteiger partial charge >= 0.3 is 7.11 Å². The van der Waals surface area contributed by atoms with Crippen LogP contribution in [-0.4, -0.2) is 46.7 Å². The van der Waals surface area contributed by atoms with Gasteiger partial charge in [-0.25, -0.2) is 4.99 Å². The number of hydrogen-bond donors (Lipinski definition) is 1. The number of nitrogens with one attached hydrogen (secondary N) is 1. The van der Waals surface area contributed by atoms with Crippen molar-refractivity contribution in [2.75, 3.05) is 28.4 Å². The summed E-state index contributed by atoms with van der Waals surface area (Å²) in [6, 6.07) is 0. The Morgan fingerprint density at radius 2 is 1.81 bits per heavy atom. The Kier molecular flexibility index (Phi) is 4.53. The Labute approximate surface area is 147 Å². The van der Waals surface area contributed by atoms with Gasteiger partial charge in [-0.15, -0.1) is 0 Å². The van der Waals surface area contributed by atoms with Crippen LogP contribution < -0.4 is 9.47 Å². The molecule has 0 amide bonds. The molecular weight excluding hydrogens is 353 g/mol. The molecule has 0 aliphatic carbocycles. The molecule has 0 radical (unpaired) electrons. The van der Waals surface area contributed by atoms with Crippen molar-refractivity contribution in [1.29, 1.82) is 0 Å². The highest BCUT2D eigenvalue weighted by Gasteiger charge is 2.41. The van der Waals surface area contributed by atoms with Crippen LogP contribution in [0.15, 0.2) is 40.2 Å². The molecule has 0 spiro atoms. The molecule has 0 atom stereocenters. The highest BCUT2D eigenvalue weighted by Crippen LogP contribution is 2.41. The summed E-state index contributed by atoms with van der Waals surface area (Å²) in [5, 5.41) is 0. The van der Waals surface area contributed by atoms with Crippen molar-refractivity contribution in [2.24, 2.45) is 4.99 Å². The van der Waals surface area contributed by atoms with Crippen LogP contribution in [0.4, 0.5) is 8.63 Å². The van der Waals surface area contributed by atoms with E-state index in [1.165, 1.54) is 46.9 Å². The maximum Gasteiger partial charge on any atom is 0.726 e. The fourth-order valence-corrected chi connectivity index (χ4v) is 2.57. The maximum atomic E-state index is 14.1. The molecule has 3 heterocycles. The molecule has 0 saturated carbocycles. The van der Waals surface area contributed by atoms with E-state index in [4.69, 9.17) is 23.6 Å². The lowest BCUT2D eigenvalue weighted by molar-refractivity contribution is 0.168. The number of allylic oxidation sites excluding steroid dienone is 2. The minimum atomic E-state index is -4.64. The highest BCUT2D eigenvalue weighted by atomic mass is 19.3. The van der Waals surface area contributed by atoms with E-state index in [9.17, 15) is 8.63 Å². The van der Waals surface area contributed by atoms with Gasteiger partial charge in [-0.2, -0.15) is 0 Å². The van der Waals surface area contributed by atoms with E-state index in [0.29, 0.717) is 5.75 Å². The first-order valence-corrected chi connectivity index (χ1v) is 7.44. The SMILES string of the molecule is COC1=C(OC)/C(=C2/C=C(c3[nH]cc(OC)c3OC)O[B-](F)(F)O2)N=C1. The zero-order valence-electron chi connectivity index (χ0n) is 14.5. The molecule has 0 unspecified atom stereocenters. The molecule has 26 heavy (non-hydrogen) atoms. The van der Waals surface area contributed by atoms with E-state index in [1.54, 1.807) is 0 Å². The summed E-state index contributed by atoms with van der Waals surface area (Å²) in [5.74, 6) is 0.582. The minimum Gasteiger partial charge on any atom is -0.626 e. The normalized spacial score (nSPS) is 21.1. The van der Waals surface area contributed by atoms with Gasteiger partial charge in [0.25, 0.3) is 0 Å². The molecule has 3 rings (SSSR count). The summed E-state index contributed by atoms with van der Waals surface area (Å²) in [7, 11) is 0.950. The molecule has 8 nitrogen and oxygen atoms in total. The van der Waals surface area contributed by atoms with Crippen molar-refractivity contribution < 1.29 is 36.9 Å². The number of hydrogen-bond acceptors (Lipinski definition) is 7. The van der Waals surface area contributed by atoms with Gasteiger partial charge < -0.3 is 41.9 Å². The fourth-order valence-electron chi connectivity index (χ4n) is 2.57. The van der Waals surface area contributed by atoms with Crippen LogP contribution in [0.25, 0.3) is 5.76 Å². The average Bonchev–Trinajstić information content (AvgIpc) is 3.22. The summed E-state index contributed by atoms with van der Waals surface area (Å²) in [6.45, 7) is 0. The van der Waals surface area contributed by atoms with Crippen LogP contribution in [0.1, 0.15) is 5.69 Å². The van der Waals surface area contributed by atoms with E-state index >= 15 is 0 Å². The summed E-state index contributed by atoms with van der Waals surface area (Å²) < 4.78 is 58.2. The van der Waals surface area contributed by atoms with Crippen molar-refractivity contribution in [3.05, 3.63) is 40.9 Å². The zero-order valence-corrected chi connectivity index (χ0v) is 14.5. The molecule has 1 N–H and O–H groups in total. The van der Waals surface area contributed by atoms with Crippen LogP contribution in [0.2, 0.25) is 0 Å². The Hall–Kier alpha value is -3.11. The third-order valence-corrected chi connectivity index (χ3v) is 3.67. The lowest BCUT2D eigenvalue weighted by Gasteiger charge is -2.34. The summed E-state index contributed by atoms with van der Waals surface area (Å²) in [5.41, 5.74) is 0.230. The summed E-state index contributed by atoms with van der Waals surface area (Å²) >= 11 is 0. The number of ether oxygens (including phenoxy) is 4. The summed E-state index contributed by atoms with van der Waals surface area (Å²) in [4.78, 5) is 6.83. The first-order valence-electron chi connectivity index (χ1n) is 7.44. The Morgan fingerprint density at radius 1 is 1.04 bits per heavy atom. The second-order valence-electron chi connectivity index (χ2n) is 5.12. The maximum absolute atomic E-state index is 14.1. The zero-order chi connectivity index (χ0) is 18.9. The number of rotatable bonds is 5. The largest absolute Gasteiger partial charge is 0.726 e. The number of halogens is 2. The predicted octanol–water partition coefficient (Wildman–Crippen LogP) is 2.59. The van der Waals surface area contributed by atoms with E-state index < -0.39 is 7.11 Å². The van der Waals surface area contributed by atoms with Gasteiger partial charge in [-0.1, -0.05) is 0 Å². The number of methoxy groups -OCH3 is 4. The van der Waals surface area contributed by atoms with Crippen molar-refractivity contribution >= 4 is 19.1 Å². The van der Waals surface area contributed by atoms with Gasteiger partial charge in [0, 0.05) is 12.3 Å². The Bertz CT molecular complexity index is 843. The number of aliphatic imine (C=N–C) groups is 1. The second kappa shape index (κ2) is 6.66. The molecular formula is C15H16BF2N2O6-. The first-order chi connectivity index (χ1) is 12.4. The monoisotopic (exact) mass is 369 g/mol. The Balaban J connectivity index is 2.13. The van der Waals surface area contributed by atoms with Gasteiger partial charge in [0.1, 0.15) is 22.9 Å². The van der Waals surface area contributed by atoms with Gasteiger partial charge in [0.2, 0.25) is 0 Å². The Morgan fingerprint density at radius 3 is 2.42 bits per heavy atom. The molecule has 0 bridgehead atoms. The first kappa shape index (κ1) is 17.7. The van der Waals surface area contributed by atoms with Crippen LogP contribution >= 0.6 is 0 Å². The van der Waals surface area contributed by atoms with Crippen LogP contribution in [-0.2, 0) is 18.8 Å². The minimum absolute atomic E-state index is 0.0594. The van der Waals surface area contributed by atoms with Crippen LogP contribution in [0, 0.1) is 0 Å². The summed E-state index contributed by atoms with van der Waals surface area (Å²) in [6.07, 6.45) is 4.07. The quantitative estimate of drug-likeness (QED) is 0.804. The van der Waals surface area contributed by atoms with Crippen LogP contribution in [0.3, 0.4) is 0 Å². The van der Waals surface area contributed by atoms with E-state index in [2.05, 4.69) is 14.6 Å². The van der Waals surface area contributed by atoms with Gasteiger partial charge in [0.15, 0.2) is 23.0 Å². The molecule has 11 heteroatoms. The van der Waals surface area contributed by atoms with Crippen molar-refractivity contribution in [3.63, 3.8) is 0 Å². The standard InChI is InChI=1S/C15H16BF2N2O6/c1-21-10-6-19-12(14(10)23-3)8-5-9(26-16(17,18)25-8)13-15(24-4)11(22-2)7-20-13/h5-7,19H,1-4H3/q-1/b13-9+. The van der Waals surface area contributed by atoms with E-state index in [-0.39, 0.29) is 40.2 Å². The molecule has 1 aromatic rings. The third-order valence-electron chi connectivity index (χ3n) is 3.67. The molecule has 0 fully saturated rings. The average molecular weight is 369 g/mol. The van der Waals surface area contributed by atoms with E-state index in [1.807, 2.05) is 0 Å². The molecule has 0 aromatic carbocycles. The lowest BCUT2D eigenvalue weighted by Crippen LogP contribution is -2.34. The lowest BCUT2D eigenvalue weighted by atomic mass is 10.1. The number of nitrogens with zero attached hydrogens (tertiary/aromatic N) is 1. The molecule has 2 aliphatic rings. The molecule has 1 aromatic heterocycles. The number of H-pyrrole nitrogens is 1. The second-order valence-corrected chi connectivity index (χ2v) is 5.12. The topological polar surface area (TPSA) is 83.5 Å². The van der Waals surface area contributed by atoms with Crippen molar-refractivity contribution in [3.8, 4) is 11.5 Å². The van der Waals surface area contributed by atoms with Gasteiger partial charge in [-0.05, 0) is 0 Å². The third kappa shape index (κ3) is 2.96. The van der Waals surface area contributed by atoms with Crippen LogP contribution in [0.5, 0.6) is 11.5 Å². The fraction of sp³-hybridized carbons (Fsp3) is 0.267. The van der Waals surface area contributed by atoms with Gasteiger partial charge in [-0.3, -0.25) is 0 Å². The molecule has 0 saturated heterocycles. The smallest absolute Gasteiger partial charge is 0.626 e. The predicted molar refractivity (Wildman–Crippen MR) is 88.6 cm³/mol.